The maximum atomic E-state index is 6.22. The lowest BCUT2D eigenvalue weighted by Gasteiger charge is -2.35. The molecule has 2 aromatic rings. The highest BCUT2D eigenvalue weighted by molar-refractivity contribution is 6.30. The summed E-state index contributed by atoms with van der Waals surface area (Å²) in [5, 5.41) is 4.30. The van der Waals surface area contributed by atoms with Gasteiger partial charge in [-0.05, 0) is 62.1 Å². The highest BCUT2D eigenvalue weighted by Gasteiger charge is 2.21. The Balaban J connectivity index is 1.74. The van der Waals surface area contributed by atoms with Gasteiger partial charge in [-0.1, -0.05) is 35.9 Å². The summed E-state index contributed by atoms with van der Waals surface area (Å²) < 4.78 is 0. The van der Waals surface area contributed by atoms with E-state index in [1.807, 2.05) is 6.07 Å². The van der Waals surface area contributed by atoms with E-state index in [1.165, 1.54) is 16.8 Å². The molecule has 1 fully saturated rings. The Labute approximate surface area is 169 Å². The smallest absolute Gasteiger partial charge is 0.0408 e. The van der Waals surface area contributed by atoms with Crippen molar-refractivity contribution in [2.75, 3.05) is 44.2 Å². The molecule has 0 aliphatic carbocycles. The molecule has 3 nitrogen and oxygen atoms in total. The number of anilines is 1. The van der Waals surface area contributed by atoms with E-state index in [4.69, 9.17) is 11.6 Å². The fourth-order valence-corrected chi connectivity index (χ4v) is 4.23. The normalized spacial score (nSPS) is 16.3. The van der Waals surface area contributed by atoms with E-state index in [2.05, 4.69) is 71.4 Å². The van der Waals surface area contributed by atoms with Crippen LogP contribution in [0.3, 0.4) is 0 Å². The zero-order valence-electron chi connectivity index (χ0n) is 16.6. The van der Waals surface area contributed by atoms with Crippen molar-refractivity contribution in [2.45, 2.75) is 32.7 Å². The van der Waals surface area contributed by atoms with E-state index in [0.717, 1.165) is 57.1 Å². The van der Waals surface area contributed by atoms with Gasteiger partial charge in [-0.3, -0.25) is 4.90 Å². The quantitative estimate of drug-likeness (QED) is 0.733. The lowest BCUT2D eigenvalue weighted by Crippen LogP contribution is -2.49. The van der Waals surface area contributed by atoms with Crippen molar-refractivity contribution in [3.63, 3.8) is 0 Å². The second-order valence-corrected chi connectivity index (χ2v) is 7.75. The summed E-state index contributed by atoms with van der Waals surface area (Å²) in [5.74, 6) is 0. The third-order valence-electron chi connectivity index (χ3n) is 5.56. The highest BCUT2D eigenvalue weighted by Crippen LogP contribution is 2.20. The molecule has 27 heavy (non-hydrogen) atoms. The van der Waals surface area contributed by atoms with Gasteiger partial charge in [0.15, 0.2) is 0 Å². The summed E-state index contributed by atoms with van der Waals surface area (Å²) in [5.41, 5.74) is 4.06. The Morgan fingerprint density at radius 1 is 0.963 bits per heavy atom. The SMILES string of the molecule is CCN(CC)c1ccc(CC(Cc2cccc(Cl)c2)N2CCNCC2)cc1. The van der Waals surface area contributed by atoms with Gasteiger partial charge < -0.3 is 10.2 Å². The van der Waals surface area contributed by atoms with Gasteiger partial charge in [0.1, 0.15) is 0 Å². The van der Waals surface area contributed by atoms with E-state index >= 15 is 0 Å². The number of piperazine rings is 1. The molecular formula is C23H32ClN3. The molecule has 1 saturated heterocycles. The van der Waals surface area contributed by atoms with Crippen LogP contribution < -0.4 is 10.2 Å². The minimum Gasteiger partial charge on any atom is -0.372 e. The van der Waals surface area contributed by atoms with Gasteiger partial charge in [-0.25, -0.2) is 0 Å². The van der Waals surface area contributed by atoms with Crippen LogP contribution in [0.25, 0.3) is 0 Å². The molecule has 0 spiro atoms. The molecule has 0 aromatic heterocycles. The number of nitrogens with one attached hydrogen (secondary N) is 1. The first kappa shape index (κ1) is 20.2. The first-order chi connectivity index (χ1) is 13.2. The Morgan fingerprint density at radius 3 is 2.26 bits per heavy atom. The van der Waals surface area contributed by atoms with Gasteiger partial charge in [0.2, 0.25) is 0 Å². The van der Waals surface area contributed by atoms with Crippen LogP contribution >= 0.6 is 11.6 Å². The molecule has 1 N–H and O–H groups in total. The van der Waals surface area contributed by atoms with Crippen LogP contribution in [0.2, 0.25) is 5.02 Å². The Bertz CT molecular complexity index is 691. The minimum atomic E-state index is 0.505. The summed E-state index contributed by atoms with van der Waals surface area (Å²) >= 11 is 6.22. The van der Waals surface area contributed by atoms with Crippen molar-refractivity contribution in [1.82, 2.24) is 10.2 Å². The Hall–Kier alpha value is -1.55. The fraction of sp³-hybridized carbons (Fsp3) is 0.478. The average Bonchev–Trinajstić information content (AvgIpc) is 2.70. The third-order valence-corrected chi connectivity index (χ3v) is 5.80. The predicted molar refractivity (Wildman–Crippen MR) is 117 cm³/mol. The molecule has 1 aliphatic heterocycles. The summed E-state index contributed by atoms with van der Waals surface area (Å²) in [6.07, 6.45) is 2.11. The maximum Gasteiger partial charge on any atom is 0.0408 e. The Morgan fingerprint density at radius 2 is 1.63 bits per heavy atom. The molecule has 3 rings (SSSR count). The fourth-order valence-electron chi connectivity index (χ4n) is 4.02. The van der Waals surface area contributed by atoms with Crippen molar-refractivity contribution in [3.05, 3.63) is 64.7 Å². The molecule has 0 bridgehead atoms. The molecule has 2 aromatic carbocycles. The lowest BCUT2D eigenvalue weighted by molar-refractivity contribution is 0.170. The van der Waals surface area contributed by atoms with E-state index in [1.54, 1.807) is 0 Å². The molecule has 0 amide bonds. The summed E-state index contributed by atoms with van der Waals surface area (Å²) in [7, 11) is 0. The minimum absolute atomic E-state index is 0.505. The maximum absolute atomic E-state index is 6.22. The summed E-state index contributed by atoms with van der Waals surface area (Å²) in [6, 6.07) is 18.0. The van der Waals surface area contributed by atoms with Crippen LogP contribution in [0.15, 0.2) is 48.5 Å². The summed E-state index contributed by atoms with van der Waals surface area (Å²) in [4.78, 5) is 5.03. The number of nitrogens with zero attached hydrogens (tertiary/aromatic N) is 2. The van der Waals surface area contributed by atoms with Gasteiger partial charge in [0, 0.05) is 56.0 Å². The van der Waals surface area contributed by atoms with E-state index in [9.17, 15) is 0 Å². The van der Waals surface area contributed by atoms with Crippen LogP contribution in [-0.2, 0) is 12.8 Å². The van der Waals surface area contributed by atoms with Crippen molar-refractivity contribution < 1.29 is 0 Å². The molecule has 0 saturated carbocycles. The van der Waals surface area contributed by atoms with Crippen molar-refractivity contribution in [1.29, 1.82) is 0 Å². The number of hydrogen-bond donors (Lipinski definition) is 1. The van der Waals surface area contributed by atoms with Crippen molar-refractivity contribution in [2.24, 2.45) is 0 Å². The molecule has 4 heteroatoms. The topological polar surface area (TPSA) is 18.5 Å². The van der Waals surface area contributed by atoms with Crippen molar-refractivity contribution >= 4 is 17.3 Å². The number of hydrogen-bond acceptors (Lipinski definition) is 3. The first-order valence-electron chi connectivity index (χ1n) is 10.2. The monoisotopic (exact) mass is 385 g/mol. The van der Waals surface area contributed by atoms with Crippen molar-refractivity contribution in [3.8, 4) is 0 Å². The van der Waals surface area contributed by atoms with E-state index in [0.29, 0.717) is 6.04 Å². The molecular weight excluding hydrogens is 354 g/mol. The number of benzene rings is 2. The molecule has 1 aliphatic rings. The average molecular weight is 386 g/mol. The van der Waals surface area contributed by atoms with Gasteiger partial charge in [0.25, 0.3) is 0 Å². The lowest BCUT2D eigenvalue weighted by atomic mass is 9.96. The molecule has 146 valence electrons. The zero-order valence-corrected chi connectivity index (χ0v) is 17.4. The van der Waals surface area contributed by atoms with Crippen LogP contribution in [0.4, 0.5) is 5.69 Å². The Kier molecular flexibility index (Phi) is 7.57. The second kappa shape index (κ2) is 10.1. The van der Waals surface area contributed by atoms with Gasteiger partial charge in [-0.2, -0.15) is 0 Å². The van der Waals surface area contributed by atoms with Crippen LogP contribution in [0.5, 0.6) is 0 Å². The molecule has 1 heterocycles. The third kappa shape index (κ3) is 5.71. The van der Waals surface area contributed by atoms with Crippen LogP contribution in [0.1, 0.15) is 25.0 Å². The van der Waals surface area contributed by atoms with Crippen LogP contribution in [0, 0.1) is 0 Å². The number of rotatable bonds is 8. The van der Waals surface area contributed by atoms with Gasteiger partial charge >= 0.3 is 0 Å². The molecule has 0 radical (unpaired) electrons. The predicted octanol–water partition coefficient (Wildman–Crippen LogP) is 4.25. The summed E-state index contributed by atoms with van der Waals surface area (Å²) in [6.45, 7) is 10.9. The van der Waals surface area contributed by atoms with Gasteiger partial charge in [-0.15, -0.1) is 0 Å². The molecule has 1 unspecified atom stereocenters. The number of halogens is 1. The standard InChI is InChI=1S/C23H32ClN3/c1-3-26(4-2)22-10-8-19(9-11-22)17-23(27-14-12-25-13-15-27)18-20-6-5-7-21(24)16-20/h5-11,16,23,25H,3-4,12-15,17-18H2,1-2H3. The first-order valence-corrected chi connectivity index (χ1v) is 10.6. The largest absolute Gasteiger partial charge is 0.372 e. The molecule has 1 atom stereocenters. The van der Waals surface area contributed by atoms with Crippen LogP contribution in [-0.4, -0.2) is 50.2 Å². The second-order valence-electron chi connectivity index (χ2n) is 7.32. The highest BCUT2D eigenvalue weighted by atomic mass is 35.5. The van der Waals surface area contributed by atoms with E-state index < -0.39 is 0 Å². The van der Waals surface area contributed by atoms with Gasteiger partial charge in [0.05, 0.1) is 0 Å². The van der Waals surface area contributed by atoms with E-state index in [-0.39, 0.29) is 0 Å². The zero-order chi connectivity index (χ0) is 19.1.